The fourth-order valence-electron chi connectivity index (χ4n) is 0.984. The number of carboxylic acid groups (broad SMARTS) is 1. The predicted molar refractivity (Wildman–Crippen MR) is 70.5 cm³/mol. The molecule has 0 unspecified atom stereocenters. The quantitative estimate of drug-likeness (QED) is 0.692. The van der Waals surface area contributed by atoms with Gasteiger partial charge in [-0.1, -0.05) is 11.6 Å². The third-order valence-corrected chi connectivity index (χ3v) is 6.29. The number of aliphatic hydroxyl groups excluding tert-OH is 1. The fourth-order valence-corrected chi connectivity index (χ4v) is 4.47. The number of halogens is 2. The molecule has 102 valence electrons. The SMILES string of the molecule is O=C(O)[C@@H](O)CCNS(=O)(=O)c1cc(Cl)c(Br)s1. The van der Waals surface area contributed by atoms with Crippen LogP contribution in [0.25, 0.3) is 0 Å². The number of sulfonamides is 1. The monoisotopic (exact) mass is 377 g/mol. The highest BCUT2D eigenvalue weighted by Gasteiger charge is 2.20. The lowest BCUT2D eigenvalue weighted by Crippen LogP contribution is -2.29. The molecule has 1 heterocycles. The molecule has 0 spiro atoms. The van der Waals surface area contributed by atoms with Crippen LogP contribution in [0.15, 0.2) is 14.1 Å². The maximum atomic E-state index is 11.7. The zero-order valence-corrected chi connectivity index (χ0v) is 12.7. The van der Waals surface area contributed by atoms with Crippen molar-refractivity contribution in [1.82, 2.24) is 4.72 Å². The van der Waals surface area contributed by atoms with Gasteiger partial charge in [-0.25, -0.2) is 17.9 Å². The number of carboxylic acids is 1. The molecule has 0 aromatic carbocycles. The zero-order valence-electron chi connectivity index (χ0n) is 8.76. The maximum absolute atomic E-state index is 11.7. The van der Waals surface area contributed by atoms with E-state index in [4.69, 9.17) is 21.8 Å². The molecule has 0 amide bonds. The van der Waals surface area contributed by atoms with Crippen molar-refractivity contribution < 1.29 is 23.4 Å². The number of rotatable bonds is 6. The summed E-state index contributed by atoms with van der Waals surface area (Å²) in [6, 6.07) is 1.28. The Bertz CT molecular complexity index is 524. The molecule has 6 nitrogen and oxygen atoms in total. The summed E-state index contributed by atoms with van der Waals surface area (Å²) in [5, 5.41) is 17.7. The van der Waals surface area contributed by atoms with Gasteiger partial charge >= 0.3 is 5.97 Å². The minimum atomic E-state index is -3.73. The summed E-state index contributed by atoms with van der Waals surface area (Å²) >= 11 is 9.75. The average molecular weight is 379 g/mol. The Kier molecular flexibility index (Phi) is 5.56. The molecule has 0 aliphatic carbocycles. The largest absolute Gasteiger partial charge is 0.479 e. The molecule has 0 bridgehead atoms. The highest BCUT2D eigenvalue weighted by Crippen LogP contribution is 2.34. The van der Waals surface area contributed by atoms with Crippen LogP contribution in [0.1, 0.15) is 6.42 Å². The number of hydrogen-bond donors (Lipinski definition) is 3. The minimum absolute atomic E-state index is 0.0178. The molecular weight excluding hydrogens is 370 g/mol. The minimum Gasteiger partial charge on any atom is -0.479 e. The van der Waals surface area contributed by atoms with Crippen LogP contribution in [0, 0.1) is 0 Å². The van der Waals surface area contributed by atoms with Crippen LogP contribution in [0.5, 0.6) is 0 Å². The number of nitrogens with one attached hydrogen (secondary N) is 1. The number of thiophene rings is 1. The van der Waals surface area contributed by atoms with E-state index in [9.17, 15) is 13.2 Å². The van der Waals surface area contributed by atoms with Gasteiger partial charge in [0.2, 0.25) is 10.0 Å². The van der Waals surface area contributed by atoms with Crippen molar-refractivity contribution in [3.8, 4) is 0 Å². The highest BCUT2D eigenvalue weighted by atomic mass is 79.9. The summed E-state index contributed by atoms with van der Waals surface area (Å²) in [6.07, 6.45) is -1.80. The van der Waals surface area contributed by atoms with E-state index in [2.05, 4.69) is 20.7 Å². The third kappa shape index (κ3) is 4.18. The molecule has 0 aliphatic heterocycles. The number of hydrogen-bond acceptors (Lipinski definition) is 5. The van der Waals surface area contributed by atoms with Crippen molar-refractivity contribution in [3.63, 3.8) is 0 Å². The normalized spacial score (nSPS) is 13.5. The first kappa shape index (κ1) is 15.9. The van der Waals surface area contributed by atoms with Crippen molar-refractivity contribution in [2.45, 2.75) is 16.7 Å². The van der Waals surface area contributed by atoms with Gasteiger partial charge in [-0.2, -0.15) is 0 Å². The summed E-state index contributed by atoms with van der Waals surface area (Å²) in [5.74, 6) is -1.39. The van der Waals surface area contributed by atoms with E-state index < -0.39 is 22.1 Å². The Morgan fingerprint density at radius 2 is 2.22 bits per heavy atom. The first-order valence-corrected chi connectivity index (χ1v) is 8.06. The number of carbonyl (C=O) groups is 1. The van der Waals surface area contributed by atoms with Gasteiger partial charge in [0.25, 0.3) is 0 Å². The van der Waals surface area contributed by atoms with E-state index in [1.165, 1.54) is 6.07 Å². The third-order valence-electron chi connectivity index (χ3n) is 1.88. The second-order valence-electron chi connectivity index (χ2n) is 3.23. The molecule has 0 aliphatic rings. The van der Waals surface area contributed by atoms with E-state index in [0.717, 1.165) is 11.3 Å². The van der Waals surface area contributed by atoms with E-state index in [0.29, 0.717) is 3.79 Å². The van der Waals surface area contributed by atoms with Gasteiger partial charge in [0.1, 0.15) is 4.21 Å². The lowest BCUT2D eigenvalue weighted by Gasteiger charge is -2.06. The molecule has 10 heteroatoms. The van der Waals surface area contributed by atoms with Crippen molar-refractivity contribution >= 4 is 54.9 Å². The van der Waals surface area contributed by atoms with Gasteiger partial charge in [0.05, 0.1) is 8.81 Å². The molecule has 0 radical (unpaired) electrons. The van der Waals surface area contributed by atoms with Crippen LogP contribution >= 0.6 is 38.9 Å². The Morgan fingerprint density at radius 3 is 2.67 bits per heavy atom. The Labute approximate surface area is 121 Å². The highest BCUT2D eigenvalue weighted by molar-refractivity contribution is 9.11. The van der Waals surface area contributed by atoms with Gasteiger partial charge in [0.15, 0.2) is 6.10 Å². The standard InChI is InChI=1S/C8H9BrClNO5S2/c9-7-4(10)3-6(17-7)18(15,16)11-2-1-5(12)8(13)14/h3,5,11-12H,1-2H2,(H,13,14)/t5-/m0/s1. The van der Waals surface area contributed by atoms with Gasteiger partial charge in [-0.05, 0) is 28.4 Å². The lowest BCUT2D eigenvalue weighted by molar-refractivity contribution is -0.146. The maximum Gasteiger partial charge on any atom is 0.332 e. The molecule has 1 atom stereocenters. The van der Waals surface area contributed by atoms with E-state index >= 15 is 0 Å². The molecule has 3 N–H and O–H groups in total. The molecule has 18 heavy (non-hydrogen) atoms. The van der Waals surface area contributed by atoms with E-state index in [1.807, 2.05) is 0 Å². The summed E-state index contributed by atoms with van der Waals surface area (Å²) in [4.78, 5) is 10.3. The fraction of sp³-hybridized carbons (Fsp3) is 0.375. The van der Waals surface area contributed by atoms with Gasteiger partial charge < -0.3 is 10.2 Å². The summed E-state index contributed by atoms with van der Waals surface area (Å²) in [7, 11) is -3.73. The molecule has 0 saturated heterocycles. The summed E-state index contributed by atoms with van der Waals surface area (Å²) < 4.78 is 26.2. The van der Waals surface area contributed by atoms with Gasteiger partial charge in [-0.3, -0.25) is 0 Å². The topological polar surface area (TPSA) is 104 Å². The molecule has 1 aromatic rings. The van der Waals surface area contributed by atoms with Crippen molar-refractivity contribution in [3.05, 3.63) is 14.9 Å². The van der Waals surface area contributed by atoms with Crippen LogP contribution in [-0.2, 0) is 14.8 Å². The van der Waals surface area contributed by atoms with Crippen LogP contribution in [0.4, 0.5) is 0 Å². The second-order valence-corrected chi connectivity index (χ2v) is 8.00. The van der Waals surface area contributed by atoms with Crippen LogP contribution in [0.2, 0.25) is 5.02 Å². The van der Waals surface area contributed by atoms with Crippen molar-refractivity contribution in [1.29, 1.82) is 0 Å². The summed E-state index contributed by atoms with van der Waals surface area (Å²) in [6.45, 7) is -0.178. The molecule has 0 saturated carbocycles. The first-order chi connectivity index (χ1) is 8.24. The van der Waals surface area contributed by atoms with Crippen molar-refractivity contribution in [2.24, 2.45) is 0 Å². The first-order valence-electron chi connectivity index (χ1n) is 4.59. The summed E-state index contributed by atoms with van der Waals surface area (Å²) in [5.41, 5.74) is 0. The zero-order chi connectivity index (χ0) is 13.9. The van der Waals surface area contributed by atoms with Crippen LogP contribution < -0.4 is 4.72 Å². The smallest absolute Gasteiger partial charge is 0.332 e. The predicted octanol–water partition coefficient (Wildman–Crippen LogP) is 1.28. The Balaban J connectivity index is 2.63. The molecule has 1 aromatic heterocycles. The molecule has 1 rings (SSSR count). The Morgan fingerprint density at radius 1 is 1.61 bits per heavy atom. The Hall–Kier alpha value is -0.190. The molecule has 0 fully saturated rings. The number of aliphatic hydroxyl groups is 1. The second kappa shape index (κ2) is 6.31. The van der Waals surface area contributed by atoms with Gasteiger partial charge in [0, 0.05) is 6.54 Å². The van der Waals surface area contributed by atoms with Crippen LogP contribution in [0.3, 0.4) is 0 Å². The lowest BCUT2D eigenvalue weighted by atomic mass is 10.3. The van der Waals surface area contributed by atoms with E-state index in [1.54, 1.807) is 0 Å². The van der Waals surface area contributed by atoms with Crippen molar-refractivity contribution in [2.75, 3.05) is 6.54 Å². The number of aliphatic carboxylic acids is 1. The molecular formula is C8H9BrClNO5S2. The average Bonchev–Trinajstić information content (AvgIpc) is 2.59. The van der Waals surface area contributed by atoms with E-state index in [-0.39, 0.29) is 22.2 Å². The van der Waals surface area contributed by atoms with Gasteiger partial charge in [-0.15, -0.1) is 11.3 Å². The van der Waals surface area contributed by atoms with Crippen LogP contribution in [-0.4, -0.2) is 37.2 Å².